The molecule has 0 spiro atoms. The monoisotopic (exact) mass is 254 g/mol. The molecule has 0 unspecified atom stereocenters. The predicted octanol–water partition coefficient (Wildman–Crippen LogP) is -0.359. The van der Waals surface area contributed by atoms with Crippen LogP contribution >= 0.6 is 0 Å². The zero-order valence-corrected chi connectivity index (χ0v) is 5.91. The minimum absolute atomic E-state index is 0.611. The molecule has 0 fully saturated rings. The average molecular weight is 253 g/mol. The molecule has 0 N–H and O–H groups in total. The van der Waals surface area contributed by atoms with Gasteiger partial charge in [-0.3, -0.25) is 0 Å². The molecule has 0 aliphatic carbocycles. The molecule has 0 saturated carbocycles. The first kappa shape index (κ1) is 9.67. The van der Waals surface area contributed by atoms with Crippen LogP contribution in [0.1, 0.15) is 0 Å². The van der Waals surface area contributed by atoms with Gasteiger partial charge in [-0.2, -0.15) is 0 Å². The fourth-order valence-corrected chi connectivity index (χ4v) is 0. The maximum absolute atomic E-state index is 8.50. The molecule has 3 nitrogen and oxygen atoms in total. The summed E-state index contributed by atoms with van der Waals surface area (Å²) in [6.07, 6.45) is 0. The average Bonchev–Trinajstić information content (AvgIpc) is 1.46. The van der Waals surface area contributed by atoms with Gasteiger partial charge in [-0.1, -0.05) is 0 Å². The van der Waals surface area contributed by atoms with Crippen LogP contribution in [0.4, 0.5) is 0 Å². The van der Waals surface area contributed by atoms with Crippen LogP contribution in [-0.4, -0.2) is 0 Å². The van der Waals surface area contributed by atoms with Crippen LogP contribution < -0.4 is 0 Å². The van der Waals surface area contributed by atoms with Gasteiger partial charge in [0.25, 0.3) is 0 Å². The van der Waals surface area contributed by atoms with E-state index in [0.717, 1.165) is 0 Å². The van der Waals surface area contributed by atoms with E-state index >= 15 is 0 Å². The summed E-state index contributed by atoms with van der Waals surface area (Å²) < 4.78 is 25.3. The molecule has 0 atom stereocenters. The molecule has 0 radical (unpaired) electrons. The molecular weight excluding hydrogens is 253 g/mol. The van der Waals surface area contributed by atoms with E-state index in [2.05, 4.69) is 0 Å². The van der Waals surface area contributed by atoms with Gasteiger partial charge in [0, 0.05) is 0 Å². The first-order valence-corrected chi connectivity index (χ1v) is 2.75. The number of hydrogen-bond donors (Lipinski definition) is 0. The van der Waals surface area contributed by atoms with Crippen LogP contribution in [0.25, 0.3) is 0 Å². The zero-order chi connectivity index (χ0) is 4.71. The molecule has 0 aromatic rings. The van der Waals surface area contributed by atoms with Crippen molar-refractivity contribution < 1.29 is 64.9 Å². The second-order valence-corrected chi connectivity index (χ2v) is 0.344. The fourth-order valence-electron chi connectivity index (χ4n) is 0. The summed E-state index contributed by atoms with van der Waals surface area (Å²) >= 11 is -1.39. The van der Waals surface area contributed by atoms with E-state index in [1.807, 2.05) is 0 Å². The molecule has 0 amide bonds. The molecule has 5 heteroatoms. The second-order valence-electron chi connectivity index (χ2n) is 0.0833. The van der Waals surface area contributed by atoms with E-state index in [-0.39, 0.29) is 0 Å². The van der Waals surface area contributed by atoms with E-state index in [0.29, 0.717) is 38.0 Å². The molecule has 0 aliphatic heterocycles. The van der Waals surface area contributed by atoms with Crippen molar-refractivity contribution >= 4 is 0 Å². The van der Waals surface area contributed by atoms with E-state index < -0.39 is 19.1 Å². The topological polar surface area (TPSA) is 51.2 Å². The Balaban J connectivity index is 0. The van der Waals surface area contributed by atoms with Gasteiger partial charge in [-0.25, -0.2) is 0 Å². The molecular formula is GdO3Ti. The first-order chi connectivity index (χ1) is 2.41. The Kier molecular flexibility index (Phi) is 34.8. The van der Waals surface area contributed by atoms with E-state index in [9.17, 15) is 0 Å². The summed E-state index contributed by atoms with van der Waals surface area (Å²) in [4.78, 5) is 0. The van der Waals surface area contributed by atoms with E-state index in [1.165, 1.54) is 0 Å². The Morgan fingerprint density at radius 2 is 1.20 bits per heavy atom. The van der Waals surface area contributed by atoms with Crippen molar-refractivity contribution in [3.63, 3.8) is 0 Å². The summed E-state index contributed by atoms with van der Waals surface area (Å²) in [6.45, 7) is 0. The molecule has 0 heterocycles. The summed E-state index contributed by atoms with van der Waals surface area (Å²) in [7, 11) is 0. The van der Waals surface area contributed by atoms with E-state index in [4.69, 9.17) is 7.81 Å². The molecule has 30 valence electrons. The summed E-state index contributed by atoms with van der Waals surface area (Å²) in [6, 6.07) is 0. The van der Waals surface area contributed by atoms with Gasteiger partial charge in [0.2, 0.25) is 0 Å². The third kappa shape index (κ3) is 31.1. The standard InChI is InChI=1S/Gd.3O.Ti. The number of hydrogen-bond acceptors (Lipinski definition) is 3. The van der Waals surface area contributed by atoms with Gasteiger partial charge in [0.1, 0.15) is 0 Å². The Hall–Kier alpha value is 1.44. The molecule has 5 heavy (non-hydrogen) atoms. The van der Waals surface area contributed by atoms with Crippen molar-refractivity contribution in [2.45, 2.75) is 0 Å². The van der Waals surface area contributed by atoms with Crippen LogP contribution in [0.15, 0.2) is 0 Å². The van der Waals surface area contributed by atoms with Gasteiger partial charge >= 0.3 is 64.9 Å². The van der Waals surface area contributed by atoms with Crippen molar-refractivity contribution in [3.05, 3.63) is 0 Å². The fraction of sp³-hybridized carbons (Fsp3) is 0. The first-order valence-electron chi connectivity index (χ1n) is 0.553. The Labute approximate surface area is 63.8 Å². The summed E-state index contributed by atoms with van der Waals surface area (Å²) in [5.41, 5.74) is 0. The molecule has 0 bridgehead atoms. The molecule has 0 aromatic heterocycles. The van der Waals surface area contributed by atoms with Crippen molar-refractivity contribution in [2.24, 2.45) is 0 Å². The molecule has 0 saturated heterocycles. The van der Waals surface area contributed by atoms with Crippen molar-refractivity contribution in [1.29, 1.82) is 0 Å². The van der Waals surface area contributed by atoms with Crippen LogP contribution in [-0.2, 0) is 26.9 Å². The van der Waals surface area contributed by atoms with Gasteiger partial charge < -0.3 is 0 Å². The normalized spacial score (nSPS) is 2.60. The third-order valence-electron chi connectivity index (χ3n) is 0. The Bertz CT molecular complexity index is 36.2. The van der Waals surface area contributed by atoms with Crippen molar-refractivity contribution in [2.75, 3.05) is 0 Å². The van der Waals surface area contributed by atoms with E-state index in [1.54, 1.807) is 0 Å². The quantitative estimate of drug-likeness (QED) is 0.554. The van der Waals surface area contributed by atoms with Crippen LogP contribution in [0.5, 0.6) is 0 Å². The summed E-state index contributed by atoms with van der Waals surface area (Å²) in [5, 5.41) is 0. The van der Waals surface area contributed by atoms with Gasteiger partial charge in [0.05, 0.1) is 0 Å². The second kappa shape index (κ2) is 18.0. The zero-order valence-electron chi connectivity index (χ0n) is 2.08. The van der Waals surface area contributed by atoms with Crippen LogP contribution in [0.3, 0.4) is 0 Å². The molecule has 0 rings (SSSR count). The molecule has 0 aromatic carbocycles. The van der Waals surface area contributed by atoms with Crippen molar-refractivity contribution in [3.8, 4) is 0 Å². The SMILES string of the molecule is [O]=[Gd].[O]=[Ti]=[O]. The van der Waals surface area contributed by atoms with Crippen molar-refractivity contribution in [1.82, 2.24) is 0 Å². The van der Waals surface area contributed by atoms with Gasteiger partial charge in [-0.05, 0) is 0 Å². The maximum atomic E-state index is 8.50. The molecule has 0 aliphatic rings. The third-order valence-corrected chi connectivity index (χ3v) is 0. The van der Waals surface area contributed by atoms with Gasteiger partial charge in [0.15, 0.2) is 0 Å². The Morgan fingerprint density at radius 3 is 1.20 bits per heavy atom. The van der Waals surface area contributed by atoms with Crippen LogP contribution in [0, 0.1) is 38.0 Å². The Morgan fingerprint density at radius 1 is 1.20 bits per heavy atom. The number of rotatable bonds is 0. The predicted molar refractivity (Wildman–Crippen MR) is 2.06 cm³/mol. The summed E-state index contributed by atoms with van der Waals surface area (Å²) in [5.74, 6) is 0. The van der Waals surface area contributed by atoms with Gasteiger partial charge in [-0.15, -0.1) is 0 Å². The minimum atomic E-state index is -2.00. The van der Waals surface area contributed by atoms with Crippen LogP contribution in [0.2, 0.25) is 0 Å².